The van der Waals surface area contributed by atoms with Gasteiger partial charge in [0, 0.05) is 12.6 Å². The Morgan fingerprint density at radius 1 is 1.50 bits per heavy atom. The van der Waals surface area contributed by atoms with Crippen molar-refractivity contribution in [3.05, 3.63) is 12.2 Å². The molecule has 2 amide bonds. The molecule has 1 rings (SSSR count). The number of hydrogen-bond acceptors (Lipinski definition) is 3. The quantitative estimate of drug-likeness (QED) is 0.498. The van der Waals surface area contributed by atoms with Crippen LogP contribution in [0.5, 0.6) is 0 Å². The summed E-state index contributed by atoms with van der Waals surface area (Å²) in [6.45, 7) is 6.54. The van der Waals surface area contributed by atoms with Gasteiger partial charge in [0.05, 0.1) is 13.2 Å². The van der Waals surface area contributed by atoms with Crippen LogP contribution >= 0.6 is 0 Å². The number of hydrogen-bond donors (Lipinski definition) is 2. The summed E-state index contributed by atoms with van der Waals surface area (Å²) in [4.78, 5) is 23.7. The van der Waals surface area contributed by atoms with E-state index in [2.05, 4.69) is 11.9 Å². The van der Waals surface area contributed by atoms with Crippen molar-refractivity contribution in [3.63, 3.8) is 0 Å². The average Bonchev–Trinajstić information content (AvgIpc) is 3.08. The average molecular weight is 256 g/mol. The van der Waals surface area contributed by atoms with Crippen LogP contribution < -0.4 is 5.32 Å². The molecule has 0 aromatic rings. The summed E-state index contributed by atoms with van der Waals surface area (Å²) in [5.41, 5.74) is 0.923. The Morgan fingerprint density at radius 3 is 2.67 bits per heavy atom. The van der Waals surface area contributed by atoms with Gasteiger partial charge in [-0.15, -0.1) is 0 Å². The topological polar surface area (TPSA) is 78.9 Å². The smallest absolute Gasteiger partial charge is 0.323 e. The summed E-state index contributed by atoms with van der Waals surface area (Å²) < 4.78 is 5.23. The zero-order valence-electron chi connectivity index (χ0n) is 10.6. The molecule has 18 heavy (non-hydrogen) atoms. The number of carboxylic acid groups (broad SMARTS) is 1. The van der Waals surface area contributed by atoms with E-state index in [1.165, 1.54) is 4.90 Å². The van der Waals surface area contributed by atoms with Crippen molar-refractivity contribution >= 4 is 12.0 Å². The van der Waals surface area contributed by atoms with Gasteiger partial charge in [-0.1, -0.05) is 12.2 Å². The third kappa shape index (κ3) is 5.67. The third-order valence-corrected chi connectivity index (χ3v) is 2.43. The highest BCUT2D eigenvalue weighted by molar-refractivity contribution is 5.80. The van der Waals surface area contributed by atoms with Gasteiger partial charge in [-0.3, -0.25) is 4.79 Å². The van der Waals surface area contributed by atoms with E-state index in [-0.39, 0.29) is 18.6 Å². The van der Waals surface area contributed by atoms with Gasteiger partial charge in [0.25, 0.3) is 0 Å². The van der Waals surface area contributed by atoms with E-state index in [0.29, 0.717) is 19.8 Å². The summed E-state index contributed by atoms with van der Waals surface area (Å²) in [6.07, 6.45) is 1.76. The molecule has 0 radical (unpaired) electrons. The molecule has 0 bridgehead atoms. The first-order valence-electron chi connectivity index (χ1n) is 5.99. The lowest BCUT2D eigenvalue weighted by Crippen LogP contribution is -2.45. The molecule has 102 valence electrons. The second-order valence-electron chi connectivity index (χ2n) is 4.49. The molecule has 2 N–H and O–H groups in total. The highest BCUT2D eigenvalue weighted by Gasteiger charge is 2.33. The standard InChI is InChI=1S/C12H20N2O4/c1-9(2)8-18-6-5-13-12(17)14(7-11(15)16)10-3-4-10/h10H,1,3-8H2,2H3,(H,13,17)(H,15,16). The normalized spacial score (nSPS) is 14.1. The lowest BCUT2D eigenvalue weighted by atomic mass is 10.4. The van der Waals surface area contributed by atoms with E-state index in [1.807, 2.05) is 6.92 Å². The number of nitrogens with one attached hydrogen (secondary N) is 1. The number of amides is 2. The van der Waals surface area contributed by atoms with Crippen LogP contribution in [0, 0.1) is 0 Å². The molecule has 1 aliphatic rings. The molecule has 0 aromatic carbocycles. The Bertz CT molecular complexity index is 326. The van der Waals surface area contributed by atoms with E-state index in [1.54, 1.807) is 0 Å². The highest BCUT2D eigenvalue weighted by atomic mass is 16.5. The van der Waals surface area contributed by atoms with Gasteiger partial charge in [0.2, 0.25) is 0 Å². The zero-order chi connectivity index (χ0) is 13.5. The van der Waals surface area contributed by atoms with Gasteiger partial charge >= 0.3 is 12.0 Å². The predicted octanol–water partition coefficient (Wildman–Crippen LogP) is 0.838. The van der Waals surface area contributed by atoms with Gasteiger partial charge < -0.3 is 20.1 Å². The van der Waals surface area contributed by atoms with Crippen molar-refractivity contribution in [2.24, 2.45) is 0 Å². The molecule has 6 heteroatoms. The minimum absolute atomic E-state index is 0.0810. The molecule has 0 aliphatic heterocycles. The van der Waals surface area contributed by atoms with Gasteiger partial charge in [-0.05, 0) is 19.8 Å². The molecule has 6 nitrogen and oxygen atoms in total. The van der Waals surface area contributed by atoms with E-state index >= 15 is 0 Å². The van der Waals surface area contributed by atoms with Crippen molar-refractivity contribution < 1.29 is 19.4 Å². The van der Waals surface area contributed by atoms with Crippen LogP contribution in [0.25, 0.3) is 0 Å². The van der Waals surface area contributed by atoms with Crippen molar-refractivity contribution in [1.29, 1.82) is 0 Å². The molecular formula is C12H20N2O4. The van der Waals surface area contributed by atoms with Crippen LogP contribution in [0.2, 0.25) is 0 Å². The van der Waals surface area contributed by atoms with Gasteiger partial charge in [-0.2, -0.15) is 0 Å². The number of carboxylic acids is 1. The lowest BCUT2D eigenvalue weighted by molar-refractivity contribution is -0.137. The molecular weight excluding hydrogens is 236 g/mol. The molecule has 1 aliphatic carbocycles. The maximum atomic E-state index is 11.7. The van der Waals surface area contributed by atoms with Gasteiger partial charge in [0.1, 0.15) is 6.54 Å². The first-order chi connectivity index (χ1) is 8.50. The second kappa shape index (κ2) is 7.00. The van der Waals surface area contributed by atoms with Crippen LogP contribution in [-0.2, 0) is 9.53 Å². The Morgan fingerprint density at radius 2 is 2.17 bits per heavy atom. The fraction of sp³-hybridized carbons (Fsp3) is 0.667. The fourth-order valence-electron chi connectivity index (χ4n) is 1.48. The van der Waals surface area contributed by atoms with Crippen molar-refractivity contribution in [3.8, 4) is 0 Å². The summed E-state index contributed by atoms with van der Waals surface area (Å²) in [5, 5.41) is 11.4. The highest BCUT2D eigenvalue weighted by Crippen LogP contribution is 2.26. The largest absolute Gasteiger partial charge is 0.480 e. The van der Waals surface area contributed by atoms with Crippen LogP contribution in [0.1, 0.15) is 19.8 Å². The van der Waals surface area contributed by atoms with Crippen LogP contribution in [0.3, 0.4) is 0 Å². The van der Waals surface area contributed by atoms with Crippen LogP contribution in [-0.4, -0.2) is 54.4 Å². The lowest BCUT2D eigenvalue weighted by Gasteiger charge is -2.20. The predicted molar refractivity (Wildman–Crippen MR) is 66.4 cm³/mol. The summed E-state index contributed by atoms with van der Waals surface area (Å²) >= 11 is 0. The number of carbonyl (C=O) groups excluding carboxylic acids is 1. The first-order valence-corrected chi connectivity index (χ1v) is 5.99. The number of rotatable bonds is 8. The number of urea groups is 1. The Labute approximate surface area is 107 Å². The monoisotopic (exact) mass is 256 g/mol. The summed E-state index contributed by atoms with van der Waals surface area (Å²) in [7, 11) is 0. The molecule has 1 saturated carbocycles. The van der Waals surface area contributed by atoms with E-state index in [0.717, 1.165) is 18.4 Å². The van der Waals surface area contributed by atoms with Crippen LogP contribution in [0.4, 0.5) is 4.79 Å². The first kappa shape index (κ1) is 14.5. The minimum Gasteiger partial charge on any atom is -0.480 e. The molecule has 1 fully saturated rings. The van der Waals surface area contributed by atoms with Gasteiger partial charge in [0.15, 0.2) is 0 Å². The number of carbonyl (C=O) groups is 2. The molecule has 0 unspecified atom stereocenters. The van der Waals surface area contributed by atoms with Gasteiger partial charge in [-0.25, -0.2) is 4.79 Å². The van der Waals surface area contributed by atoms with Crippen molar-refractivity contribution in [2.75, 3.05) is 26.3 Å². The second-order valence-corrected chi connectivity index (χ2v) is 4.49. The molecule has 0 saturated heterocycles. The Balaban J connectivity index is 2.20. The third-order valence-electron chi connectivity index (χ3n) is 2.43. The number of ether oxygens (including phenoxy) is 1. The van der Waals surface area contributed by atoms with E-state index in [4.69, 9.17) is 9.84 Å². The molecule has 0 aromatic heterocycles. The maximum Gasteiger partial charge on any atom is 0.323 e. The Hall–Kier alpha value is -1.56. The number of aliphatic carboxylic acids is 1. The summed E-state index contributed by atoms with van der Waals surface area (Å²) in [5.74, 6) is -0.990. The fourth-order valence-corrected chi connectivity index (χ4v) is 1.48. The molecule has 0 atom stereocenters. The minimum atomic E-state index is -0.990. The maximum absolute atomic E-state index is 11.7. The van der Waals surface area contributed by atoms with Crippen LogP contribution in [0.15, 0.2) is 12.2 Å². The molecule has 0 spiro atoms. The molecule has 0 heterocycles. The number of nitrogens with zero attached hydrogens (tertiary/aromatic N) is 1. The summed E-state index contributed by atoms with van der Waals surface area (Å²) in [6, 6.07) is -0.253. The van der Waals surface area contributed by atoms with E-state index in [9.17, 15) is 9.59 Å². The Kier molecular flexibility index (Phi) is 5.64. The zero-order valence-corrected chi connectivity index (χ0v) is 10.6. The SMILES string of the molecule is C=C(C)COCCNC(=O)N(CC(=O)O)C1CC1. The van der Waals surface area contributed by atoms with Crippen molar-refractivity contribution in [1.82, 2.24) is 10.2 Å². The van der Waals surface area contributed by atoms with Crippen molar-refractivity contribution in [2.45, 2.75) is 25.8 Å². The van der Waals surface area contributed by atoms with E-state index < -0.39 is 5.97 Å².